The van der Waals surface area contributed by atoms with Crippen LogP contribution in [0.1, 0.15) is 39.0 Å². The van der Waals surface area contributed by atoms with E-state index < -0.39 is 5.97 Å². The van der Waals surface area contributed by atoms with E-state index in [0.29, 0.717) is 6.54 Å². The van der Waals surface area contributed by atoms with Crippen LogP contribution in [0.4, 0.5) is 4.79 Å². The molecule has 0 radical (unpaired) electrons. The summed E-state index contributed by atoms with van der Waals surface area (Å²) in [6.45, 7) is 5.08. The highest BCUT2D eigenvalue weighted by Crippen LogP contribution is 2.08. The standard InChI is InChI=1S/C7H14N2O.C5H11NO2/c8-7(10)9-5-3-1-2-4-6-9;1-2-6-4-3-5(7)8/h1-6H2,(H2,8,10);6H,2-4H2,1H3,(H,7,8). The molecule has 2 amide bonds. The van der Waals surface area contributed by atoms with Crippen LogP contribution in [0.15, 0.2) is 0 Å². The van der Waals surface area contributed by atoms with E-state index in [0.717, 1.165) is 32.5 Å². The Balaban J connectivity index is 0.000000331. The van der Waals surface area contributed by atoms with E-state index in [-0.39, 0.29) is 12.5 Å². The van der Waals surface area contributed by atoms with Gasteiger partial charge in [-0.1, -0.05) is 19.8 Å². The molecule has 1 heterocycles. The number of primary amides is 1. The van der Waals surface area contributed by atoms with Gasteiger partial charge in [-0.3, -0.25) is 4.79 Å². The number of nitrogens with zero attached hydrogens (tertiary/aromatic N) is 1. The molecule has 1 rings (SSSR count). The molecule has 0 atom stereocenters. The fourth-order valence-corrected chi connectivity index (χ4v) is 1.66. The van der Waals surface area contributed by atoms with Crippen LogP contribution in [-0.2, 0) is 4.79 Å². The van der Waals surface area contributed by atoms with E-state index in [4.69, 9.17) is 10.8 Å². The highest BCUT2D eigenvalue weighted by Gasteiger charge is 2.10. The third-order valence-electron chi connectivity index (χ3n) is 2.68. The fourth-order valence-electron chi connectivity index (χ4n) is 1.66. The molecule has 6 nitrogen and oxygen atoms in total. The van der Waals surface area contributed by atoms with Crippen LogP contribution in [0, 0.1) is 0 Å². The van der Waals surface area contributed by atoms with Crippen molar-refractivity contribution < 1.29 is 14.7 Å². The van der Waals surface area contributed by atoms with Gasteiger partial charge in [-0.15, -0.1) is 0 Å². The molecular weight excluding hydrogens is 234 g/mol. The molecule has 0 bridgehead atoms. The number of likely N-dealkylation sites (tertiary alicyclic amines) is 1. The molecule has 1 aliphatic heterocycles. The van der Waals surface area contributed by atoms with Crippen molar-refractivity contribution in [2.24, 2.45) is 5.73 Å². The molecule has 1 saturated heterocycles. The Labute approximate surface area is 109 Å². The summed E-state index contributed by atoms with van der Waals surface area (Å²) in [5.41, 5.74) is 5.12. The molecule has 1 fully saturated rings. The lowest BCUT2D eigenvalue weighted by Gasteiger charge is -2.16. The largest absolute Gasteiger partial charge is 0.481 e. The van der Waals surface area contributed by atoms with Gasteiger partial charge >= 0.3 is 12.0 Å². The molecule has 106 valence electrons. The summed E-state index contributed by atoms with van der Waals surface area (Å²) in [6.07, 6.45) is 4.92. The van der Waals surface area contributed by atoms with Crippen molar-refractivity contribution in [1.29, 1.82) is 0 Å². The first-order chi connectivity index (χ1) is 8.57. The van der Waals surface area contributed by atoms with Crippen molar-refractivity contribution in [2.75, 3.05) is 26.2 Å². The molecule has 4 N–H and O–H groups in total. The molecule has 0 aromatic carbocycles. The van der Waals surface area contributed by atoms with Crippen molar-refractivity contribution in [3.63, 3.8) is 0 Å². The maximum Gasteiger partial charge on any atom is 0.314 e. The average Bonchev–Trinajstić information content (AvgIpc) is 2.58. The summed E-state index contributed by atoms with van der Waals surface area (Å²) in [5, 5.41) is 11.0. The number of nitrogens with one attached hydrogen (secondary N) is 1. The molecule has 18 heavy (non-hydrogen) atoms. The Morgan fingerprint density at radius 1 is 1.22 bits per heavy atom. The second-order valence-electron chi connectivity index (χ2n) is 4.24. The monoisotopic (exact) mass is 259 g/mol. The van der Waals surface area contributed by atoms with Gasteiger partial charge in [-0.05, 0) is 19.4 Å². The maximum atomic E-state index is 10.7. The van der Waals surface area contributed by atoms with Crippen molar-refractivity contribution >= 4 is 12.0 Å². The van der Waals surface area contributed by atoms with Crippen molar-refractivity contribution in [1.82, 2.24) is 10.2 Å². The third-order valence-corrected chi connectivity index (χ3v) is 2.68. The minimum absolute atomic E-state index is 0.216. The van der Waals surface area contributed by atoms with Crippen LogP contribution in [0.3, 0.4) is 0 Å². The van der Waals surface area contributed by atoms with Crippen LogP contribution in [0.25, 0.3) is 0 Å². The van der Waals surface area contributed by atoms with E-state index in [1.807, 2.05) is 6.92 Å². The number of hydrogen-bond acceptors (Lipinski definition) is 3. The van der Waals surface area contributed by atoms with E-state index >= 15 is 0 Å². The predicted molar refractivity (Wildman–Crippen MR) is 70.4 cm³/mol. The lowest BCUT2D eigenvalue weighted by molar-refractivity contribution is -0.136. The number of carbonyl (C=O) groups is 2. The van der Waals surface area contributed by atoms with E-state index in [9.17, 15) is 9.59 Å². The number of carbonyl (C=O) groups excluding carboxylic acids is 1. The zero-order valence-corrected chi connectivity index (χ0v) is 11.2. The Morgan fingerprint density at radius 2 is 1.78 bits per heavy atom. The molecule has 0 saturated carbocycles. The third kappa shape index (κ3) is 9.89. The van der Waals surface area contributed by atoms with Gasteiger partial charge in [-0.2, -0.15) is 0 Å². The van der Waals surface area contributed by atoms with Gasteiger partial charge < -0.3 is 21.1 Å². The molecule has 0 aromatic heterocycles. The van der Waals surface area contributed by atoms with Crippen LogP contribution < -0.4 is 11.1 Å². The summed E-state index contributed by atoms with van der Waals surface area (Å²) in [4.78, 5) is 22.2. The van der Waals surface area contributed by atoms with Crippen LogP contribution in [0.2, 0.25) is 0 Å². The molecule has 6 heteroatoms. The second kappa shape index (κ2) is 10.8. The van der Waals surface area contributed by atoms with Gasteiger partial charge in [0.2, 0.25) is 0 Å². The van der Waals surface area contributed by atoms with Gasteiger partial charge in [0.25, 0.3) is 0 Å². The molecule has 0 aromatic rings. The summed E-state index contributed by atoms with van der Waals surface area (Å²) < 4.78 is 0. The van der Waals surface area contributed by atoms with Crippen molar-refractivity contribution in [3.8, 4) is 0 Å². The average molecular weight is 259 g/mol. The van der Waals surface area contributed by atoms with Gasteiger partial charge in [0.1, 0.15) is 0 Å². The number of rotatable bonds is 4. The SMILES string of the molecule is CCNCCC(=O)O.NC(=O)N1CCCCCC1. The normalized spacial score (nSPS) is 15.3. The number of carboxylic acid groups (broad SMARTS) is 1. The topological polar surface area (TPSA) is 95.7 Å². The Morgan fingerprint density at radius 3 is 2.17 bits per heavy atom. The lowest BCUT2D eigenvalue weighted by Crippen LogP contribution is -2.36. The summed E-state index contributed by atoms with van der Waals surface area (Å²) >= 11 is 0. The number of aliphatic carboxylic acids is 1. The highest BCUT2D eigenvalue weighted by molar-refractivity contribution is 5.71. The van der Waals surface area contributed by atoms with Crippen molar-refractivity contribution in [3.05, 3.63) is 0 Å². The zero-order valence-electron chi connectivity index (χ0n) is 11.2. The Hall–Kier alpha value is -1.30. The van der Waals surface area contributed by atoms with E-state index in [1.54, 1.807) is 4.90 Å². The Bertz CT molecular complexity index is 239. The number of carboxylic acids is 1. The molecular formula is C12H25N3O3. The van der Waals surface area contributed by atoms with Crippen LogP contribution in [-0.4, -0.2) is 48.2 Å². The van der Waals surface area contributed by atoms with Gasteiger partial charge in [0, 0.05) is 19.6 Å². The first-order valence-electron chi connectivity index (χ1n) is 6.54. The van der Waals surface area contributed by atoms with Crippen LogP contribution >= 0.6 is 0 Å². The minimum Gasteiger partial charge on any atom is -0.481 e. The summed E-state index contributed by atoms with van der Waals surface area (Å²) in [7, 11) is 0. The molecule has 0 spiro atoms. The predicted octanol–water partition coefficient (Wildman–Crippen LogP) is 1.01. The van der Waals surface area contributed by atoms with E-state index in [2.05, 4.69) is 5.32 Å². The number of urea groups is 1. The van der Waals surface area contributed by atoms with Gasteiger partial charge in [-0.25, -0.2) is 4.79 Å². The Kier molecular flexibility index (Phi) is 10.0. The number of amides is 2. The minimum atomic E-state index is -0.744. The molecule has 0 aliphatic carbocycles. The lowest BCUT2D eigenvalue weighted by atomic mass is 10.2. The summed E-state index contributed by atoms with van der Waals surface area (Å²) in [5.74, 6) is -0.744. The first kappa shape index (κ1) is 16.7. The van der Waals surface area contributed by atoms with Gasteiger partial charge in [0.05, 0.1) is 6.42 Å². The molecule has 0 unspecified atom stereocenters. The smallest absolute Gasteiger partial charge is 0.314 e. The second-order valence-corrected chi connectivity index (χ2v) is 4.24. The first-order valence-corrected chi connectivity index (χ1v) is 6.54. The molecule has 1 aliphatic rings. The van der Waals surface area contributed by atoms with Crippen LogP contribution in [0.5, 0.6) is 0 Å². The fraction of sp³-hybridized carbons (Fsp3) is 0.833. The maximum absolute atomic E-state index is 10.7. The number of nitrogens with two attached hydrogens (primary N) is 1. The number of hydrogen-bond donors (Lipinski definition) is 3. The highest BCUT2D eigenvalue weighted by atomic mass is 16.4. The zero-order chi connectivity index (χ0) is 13.8. The quantitative estimate of drug-likeness (QED) is 0.657. The summed E-state index contributed by atoms with van der Waals surface area (Å²) in [6, 6.07) is -0.262. The van der Waals surface area contributed by atoms with Gasteiger partial charge in [0.15, 0.2) is 0 Å². The van der Waals surface area contributed by atoms with Crippen molar-refractivity contribution in [2.45, 2.75) is 39.0 Å². The van der Waals surface area contributed by atoms with E-state index in [1.165, 1.54) is 12.8 Å².